The van der Waals surface area contributed by atoms with E-state index >= 15 is 0 Å². The largest absolute Gasteiger partial charge is 0.326 e. The molecule has 4 rings (SSSR count). The highest BCUT2D eigenvalue weighted by Gasteiger charge is 2.34. The first-order chi connectivity index (χ1) is 14.3. The molecule has 156 valence electrons. The standard InChI is InChI=1S/C26H32N4/c1-17(2)20-7-9-21(10-8-20)28-25-29-23-11-6-19(16-27)13-24(23)30(25)22-12-18(3)14-26(4,5)15-22/h6-11,13,17-18,22H,12,14-15H2,1-5H3,(H,28,29)/t18-,22+/m1/s1. The summed E-state index contributed by atoms with van der Waals surface area (Å²) >= 11 is 0. The summed E-state index contributed by atoms with van der Waals surface area (Å²) in [5, 5.41) is 13.0. The average molecular weight is 401 g/mol. The van der Waals surface area contributed by atoms with Crippen LogP contribution in [0.5, 0.6) is 0 Å². The SMILES string of the molecule is CC(C)c1ccc(Nc2nc3ccc(C#N)cc3n2[C@H]2C[C@@H](C)CC(C)(C)C2)cc1. The number of nitrogens with zero attached hydrogens (tertiary/aromatic N) is 3. The van der Waals surface area contributed by atoms with Crippen molar-refractivity contribution < 1.29 is 0 Å². The maximum Gasteiger partial charge on any atom is 0.208 e. The second-order valence-corrected chi connectivity index (χ2v) is 10.1. The Morgan fingerprint density at radius 3 is 2.50 bits per heavy atom. The monoisotopic (exact) mass is 400 g/mol. The Bertz CT molecular complexity index is 1080. The summed E-state index contributed by atoms with van der Waals surface area (Å²) in [6, 6.07) is 17.1. The zero-order valence-electron chi connectivity index (χ0n) is 18.7. The van der Waals surface area contributed by atoms with Gasteiger partial charge in [0.2, 0.25) is 5.95 Å². The molecule has 0 saturated heterocycles. The Kier molecular flexibility index (Phi) is 5.32. The van der Waals surface area contributed by atoms with Gasteiger partial charge in [-0.1, -0.05) is 46.8 Å². The third kappa shape index (κ3) is 4.07. The van der Waals surface area contributed by atoms with Crippen molar-refractivity contribution in [1.82, 2.24) is 9.55 Å². The maximum absolute atomic E-state index is 9.44. The van der Waals surface area contributed by atoms with Gasteiger partial charge < -0.3 is 9.88 Å². The lowest BCUT2D eigenvalue weighted by Crippen LogP contribution is -2.29. The van der Waals surface area contributed by atoms with Gasteiger partial charge >= 0.3 is 0 Å². The quantitative estimate of drug-likeness (QED) is 0.505. The van der Waals surface area contributed by atoms with Gasteiger partial charge in [0.25, 0.3) is 0 Å². The lowest BCUT2D eigenvalue weighted by molar-refractivity contribution is 0.140. The van der Waals surface area contributed by atoms with Crippen molar-refractivity contribution in [2.24, 2.45) is 11.3 Å². The molecule has 2 atom stereocenters. The van der Waals surface area contributed by atoms with Gasteiger partial charge in [0.1, 0.15) is 0 Å². The van der Waals surface area contributed by atoms with Crippen LogP contribution < -0.4 is 5.32 Å². The van der Waals surface area contributed by atoms with Crippen molar-refractivity contribution >= 4 is 22.7 Å². The minimum atomic E-state index is 0.294. The molecule has 1 fully saturated rings. The van der Waals surface area contributed by atoms with E-state index in [1.165, 1.54) is 12.0 Å². The summed E-state index contributed by atoms with van der Waals surface area (Å²) in [6.07, 6.45) is 3.49. The van der Waals surface area contributed by atoms with E-state index in [-0.39, 0.29) is 0 Å². The number of rotatable bonds is 4. The van der Waals surface area contributed by atoms with Gasteiger partial charge in [0, 0.05) is 11.7 Å². The minimum Gasteiger partial charge on any atom is -0.326 e. The predicted octanol–water partition coefficient (Wildman–Crippen LogP) is 7.16. The fourth-order valence-electron chi connectivity index (χ4n) is 5.19. The van der Waals surface area contributed by atoms with E-state index in [0.717, 1.165) is 35.5 Å². The molecule has 3 aromatic rings. The van der Waals surface area contributed by atoms with Gasteiger partial charge in [0.05, 0.1) is 22.7 Å². The molecule has 30 heavy (non-hydrogen) atoms. The van der Waals surface area contributed by atoms with Crippen LogP contribution >= 0.6 is 0 Å². The molecule has 1 heterocycles. The molecule has 4 heteroatoms. The van der Waals surface area contributed by atoms with Crippen LogP contribution in [-0.2, 0) is 0 Å². The van der Waals surface area contributed by atoms with E-state index in [0.29, 0.717) is 28.9 Å². The van der Waals surface area contributed by atoms with Crippen LogP contribution in [0.25, 0.3) is 11.0 Å². The zero-order chi connectivity index (χ0) is 21.5. The Labute approximate surface area is 179 Å². The number of hydrogen-bond acceptors (Lipinski definition) is 3. The molecule has 0 aliphatic heterocycles. The molecule has 1 N–H and O–H groups in total. The topological polar surface area (TPSA) is 53.6 Å². The van der Waals surface area contributed by atoms with Crippen molar-refractivity contribution in [3.05, 3.63) is 53.6 Å². The molecule has 1 aromatic heterocycles. The smallest absolute Gasteiger partial charge is 0.208 e. The molecule has 4 nitrogen and oxygen atoms in total. The van der Waals surface area contributed by atoms with Gasteiger partial charge in [-0.05, 0) is 72.4 Å². The van der Waals surface area contributed by atoms with Crippen LogP contribution in [0.2, 0.25) is 0 Å². The van der Waals surface area contributed by atoms with Crippen LogP contribution in [0, 0.1) is 22.7 Å². The highest BCUT2D eigenvalue weighted by Crippen LogP contribution is 2.46. The van der Waals surface area contributed by atoms with Crippen LogP contribution in [0.3, 0.4) is 0 Å². The number of nitriles is 1. The summed E-state index contributed by atoms with van der Waals surface area (Å²) in [5.74, 6) is 2.04. The van der Waals surface area contributed by atoms with Gasteiger partial charge in [-0.2, -0.15) is 5.26 Å². The summed E-state index contributed by atoms with van der Waals surface area (Å²) < 4.78 is 2.35. The van der Waals surface area contributed by atoms with Crippen LogP contribution in [-0.4, -0.2) is 9.55 Å². The number of aromatic nitrogens is 2. The van der Waals surface area contributed by atoms with E-state index < -0.39 is 0 Å². The highest BCUT2D eigenvalue weighted by atomic mass is 15.2. The second-order valence-electron chi connectivity index (χ2n) is 10.1. The minimum absolute atomic E-state index is 0.294. The molecular formula is C26H32N4. The fourth-order valence-corrected chi connectivity index (χ4v) is 5.19. The van der Waals surface area contributed by atoms with E-state index in [2.05, 4.69) is 74.8 Å². The predicted molar refractivity (Wildman–Crippen MR) is 124 cm³/mol. The summed E-state index contributed by atoms with van der Waals surface area (Å²) in [4.78, 5) is 4.93. The third-order valence-electron chi connectivity index (χ3n) is 6.38. The molecule has 1 aliphatic rings. The van der Waals surface area contributed by atoms with Gasteiger partial charge in [0.15, 0.2) is 0 Å². The molecule has 1 saturated carbocycles. The van der Waals surface area contributed by atoms with Crippen LogP contribution in [0.15, 0.2) is 42.5 Å². The van der Waals surface area contributed by atoms with Gasteiger partial charge in [-0.15, -0.1) is 0 Å². The number of imidazole rings is 1. The summed E-state index contributed by atoms with van der Waals surface area (Å²) in [6.45, 7) is 11.5. The molecule has 2 aromatic carbocycles. The first kappa shape index (κ1) is 20.5. The van der Waals surface area contributed by atoms with Crippen molar-refractivity contribution in [3.63, 3.8) is 0 Å². The lowest BCUT2D eigenvalue weighted by Gasteiger charge is -2.40. The van der Waals surface area contributed by atoms with E-state index in [1.807, 2.05) is 18.2 Å². The number of hydrogen-bond donors (Lipinski definition) is 1. The third-order valence-corrected chi connectivity index (χ3v) is 6.38. The molecule has 0 unspecified atom stereocenters. The average Bonchev–Trinajstić information content (AvgIpc) is 3.03. The normalized spacial score (nSPS) is 21.0. The summed E-state index contributed by atoms with van der Waals surface area (Å²) in [5.41, 5.74) is 5.33. The van der Waals surface area contributed by atoms with Crippen LogP contribution in [0.1, 0.15) is 77.0 Å². The van der Waals surface area contributed by atoms with Gasteiger partial charge in [-0.3, -0.25) is 0 Å². The fraction of sp³-hybridized carbons (Fsp3) is 0.462. The highest BCUT2D eigenvalue weighted by molar-refractivity contribution is 5.81. The first-order valence-corrected chi connectivity index (χ1v) is 11.0. The molecule has 0 radical (unpaired) electrons. The van der Waals surface area contributed by atoms with Crippen molar-refractivity contribution in [1.29, 1.82) is 5.26 Å². The van der Waals surface area contributed by atoms with E-state index in [9.17, 15) is 5.26 Å². The van der Waals surface area contributed by atoms with Crippen molar-refractivity contribution in [2.45, 2.75) is 65.8 Å². The Hall–Kier alpha value is -2.80. The van der Waals surface area contributed by atoms with Crippen molar-refractivity contribution in [2.75, 3.05) is 5.32 Å². The molecule has 0 spiro atoms. The number of nitrogens with one attached hydrogen (secondary N) is 1. The van der Waals surface area contributed by atoms with Gasteiger partial charge in [-0.25, -0.2) is 4.98 Å². The maximum atomic E-state index is 9.44. The second kappa shape index (κ2) is 7.80. The summed E-state index contributed by atoms with van der Waals surface area (Å²) in [7, 11) is 0. The molecule has 0 amide bonds. The molecular weight excluding hydrogens is 368 g/mol. The first-order valence-electron chi connectivity index (χ1n) is 11.0. The lowest BCUT2D eigenvalue weighted by atomic mass is 9.70. The molecule has 1 aliphatic carbocycles. The zero-order valence-corrected chi connectivity index (χ0v) is 18.7. The molecule has 0 bridgehead atoms. The van der Waals surface area contributed by atoms with Crippen LogP contribution in [0.4, 0.5) is 11.6 Å². The van der Waals surface area contributed by atoms with E-state index in [1.54, 1.807) is 0 Å². The van der Waals surface area contributed by atoms with Crippen molar-refractivity contribution in [3.8, 4) is 6.07 Å². The Balaban J connectivity index is 1.78. The van der Waals surface area contributed by atoms with E-state index in [4.69, 9.17) is 4.98 Å². The Morgan fingerprint density at radius 1 is 1.13 bits per heavy atom. The Morgan fingerprint density at radius 2 is 1.87 bits per heavy atom. The number of fused-ring (bicyclic) bond motifs is 1. The number of benzene rings is 2. The number of anilines is 2.